The van der Waals surface area contributed by atoms with Gasteiger partial charge in [-0.2, -0.15) is 0 Å². The second kappa shape index (κ2) is 6.23. The molecule has 26 heavy (non-hydrogen) atoms. The summed E-state index contributed by atoms with van der Waals surface area (Å²) in [6.07, 6.45) is 2.07. The van der Waals surface area contributed by atoms with Crippen LogP contribution in [0.5, 0.6) is 5.75 Å². The zero-order valence-electron chi connectivity index (χ0n) is 13.6. The molecule has 1 aromatic heterocycles. The fourth-order valence-electron chi connectivity index (χ4n) is 3.16. The number of amides is 1. The number of aromatic nitrogens is 1. The molecule has 0 aliphatic carbocycles. The third-order valence-corrected chi connectivity index (χ3v) is 4.48. The highest BCUT2D eigenvalue weighted by atomic mass is 16.5. The molecule has 0 radical (unpaired) electrons. The van der Waals surface area contributed by atoms with Gasteiger partial charge in [-0.3, -0.25) is 4.79 Å². The summed E-state index contributed by atoms with van der Waals surface area (Å²) in [4.78, 5) is 26.9. The Hall–Kier alpha value is -3.26. The first-order valence-electron chi connectivity index (χ1n) is 8.11. The Kier molecular flexibility index (Phi) is 3.89. The predicted octanol–water partition coefficient (Wildman–Crippen LogP) is 1.62. The van der Waals surface area contributed by atoms with E-state index in [0.717, 1.165) is 10.9 Å². The van der Waals surface area contributed by atoms with Gasteiger partial charge in [-0.15, -0.1) is 0 Å². The molecule has 0 saturated carbocycles. The van der Waals surface area contributed by atoms with Crippen LogP contribution >= 0.6 is 0 Å². The number of hydrogen-bond donors (Lipinski definition) is 4. The first-order chi connectivity index (χ1) is 12.5. The second-order valence-corrected chi connectivity index (χ2v) is 6.17. The van der Waals surface area contributed by atoms with E-state index in [1.54, 1.807) is 30.5 Å². The number of aromatic carboxylic acids is 1. The third-order valence-electron chi connectivity index (χ3n) is 4.48. The summed E-state index contributed by atoms with van der Waals surface area (Å²) in [5.74, 6) is -2.00. The minimum absolute atomic E-state index is 0.00997. The number of carboxylic acid groups (broad SMARTS) is 1. The Morgan fingerprint density at radius 2 is 2.08 bits per heavy atom. The van der Waals surface area contributed by atoms with E-state index < -0.39 is 19.0 Å². The minimum atomic E-state index is -1.33. The molecule has 2 aromatic carbocycles. The van der Waals surface area contributed by atoms with Crippen molar-refractivity contribution < 1.29 is 24.4 Å². The zero-order valence-corrected chi connectivity index (χ0v) is 13.6. The molecule has 0 bridgehead atoms. The summed E-state index contributed by atoms with van der Waals surface area (Å²) < 4.78 is 5.39. The van der Waals surface area contributed by atoms with Gasteiger partial charge >= 0.3 is 13.1 Å². The van der Waals surface area contributed by atoms with E-state index in [9.17, 15) is 19.7 Å². The lowest BCUT2D eigenvalue weighted by atomic mass is 9.72. The highest BCUT2D eigenvalue weighted by Crippen LogP contribution is 2.30. The van der Waals surface area contributed by atoms with Crippen molar-refractivity contribution >= 4 is 29.9 Å². The smallest absolute Gasteiger partial charge is 0.534 e. The van der Waals surface area contributed by atoms with Crippen LogP contribution in [-0.2, 0) is 6.42 Å². The number of aromatic amines is 1. The monoisotopic (exact) mass is 350 g/mol. The van der Waals surface area contributed by atoms with E-state index in [2.05, 4.69) is 10.3 Å². The molecule has 7 nitrogen and oxygen atoms in total. The summed E-state index contributed by atoms with van der Waals surface area (Å²) >= 11 is 0. The highest BCUT2D eigenvalue weighted by molar-refractivity contribution is 6.47. The van der Waals surface area contributed by atoms with Gasteiger partial charge in [-0.25, -0.2) is 4.79 Å². The van der Waals surface area contributed by atoms with Gasteiger partial charge in [0.05, 0.1) is 11.5 Å². The van der Waals surface area contributed by atoms with Crippen LogP contribution in [-0.4, -0.2) is 40.1 Å². The number of benzene rings is 2. The maximum absolute atomic E-state index is 12.5. The fraction of sp³-hybridized carbons (Fsp3) is 0.111. The van der Waals surface area contributed by atoms with Gasteiger partial charge in [0.15, 0.2) is 0 Å². The number of rotatable bonds is 3. The van der Waals surface area contributed by atoms with E-state index in [4.69, 9.17) is 4.65 Å². The lowest BCUT2D eigenvalue weighted by molar-refractivity contribution is 0.0693. The van der Waals surface area contributed by atoms with Gasteiger partial charge in [0.1, 0.15) is 5.75 Å². The van der Waals surface area contributed by atoms with E-state index in [0.29, 0.717) is 11.1 Å². The van der Waals surface area contributed by atoms with E-state index in [1.165, 1.54) is 6.07 Å². The highest BCUT2D eigenvalue weighted by Gasteiger charge is 2.37. The maximum Gasteiger partial charge on any atom is 0.547 e. The summed E-state index contributed by atoms with van der Waals surface area (Å²) in [6, 6.07) is 11.9. The zero-order chi connectivity index (χ0) is 18.3. The molecule has 4 N–H and O–H groups in total. The average molecular weight is 350 g/mol. The van der Waals surface area contributed by atoms with Crippen LogP contribution < -0.4 is 9.97 Å². The van der Waals surface area contributed by atoms with Crippen LogP contribution in [0.3, 0.4) is 0 Å². The average Bonchev–Trinajstić information content (AvgIpc) is 3.09. The molecule has 1 aliphatic rings. The molecular weight excluding hydrogens is 335 g/mol. The predicted molar refractivity (Wildman–Crippen MR) is 95.3 cm³/mol. The van der Waals surface area contributed by atoms with E-state index >= 15 is 0 Å². The lowest BCUT2D eigenvalue weighted by Crippen LogP contribution is -2.53. The number of H-pyrrole nitrogens is 1. The molecule has 0 saturated heterocycles. The number of hydrogen-bond acceptors (Lipinski definition) is 4. The molecule has 3 aromatic rings. The second-order valence-electron chi connectivity index (χ2n) is 6.17. The first-order valence-corrected chi connectivity index (χ1v) is 8.11. The Morgan fingerprint density at radius 1 is 1.23 bits per heavy atom. The molecule has 2 heterocycles. The van der Waals surface area contributed by atoms with Crippen molar-refractivity contribution in [3.05, 3.63) is 65.4 Å². The van der Waals surface area contributed by atoms with Crippen molar-refractivity contribution in [2.24, 2.45) is 0 Å². The van der Waals surface area contributed by atoms with Gasteiger partial charge in [-0.1, -0.05) is 12.1 Å². The Bertz CT molecular complexity index is 1020. The molecule has 1 unspecified atom stereocenters. The number of carboxylic acids is 1. The van der Waals surface area contributed by atoms with Crippen molar-refractivity contribution in [2.45, 2.75) is 12.4 Å². The van der Waals surface area contributed by atoms with E-state index in [1.807, 2.05) is 12.1 Å². The van der Waals surface area contributed by atoms with Gasteiger partial charge < -0.3 is 25.1 Å². The fourth-order valence-corrected chi connectivity index (χ4v) is 3.16. The Morgan fingerprint density at radius 3 is 2.88 bits per heavy atom. The molecular formula is C18H15BN2O5. The van der Waals surface area contributed by atoms with Gasteiger partial charge in [0.2, 0.25) is 0 Å². The molecule has 1 amide bonds. The van der Waals surface area contributed by atoms with E-state index in [-0.39, 0.29) is 23.6 Å². The maximum atomic E-state index is 12.5. The number of nitrogens with one attached hydrogen (secondary N) is 2. The van der Waals surface area contributed by atoms with Crippen LogP contribution in [0.2, 0.25) is 0 Å². The van der Waals surface area contributed by atoms with Gasteiger partial charge in [0.25, 0.3) is 5.91 Å². The number of carbonyl (C=O) groups is 2. The molecule has 4 rings (SSSR count). The lowest BCUT2D eigenvalue weighted by Gasteiger charge is -2.28. The SMILES string of the molecule is O=C(NC1Cc2cccc(C(=O)O)c2OB1O)c1ccc2[nH]ccc2c1. The molecule has 0 spiro atoms. The summed E-state index contributed by atoms with van der Waals surface area (Å²) in [5.41, 5.74) is 2.01. The Balaban J connectivity index is 1.56. The number of fused-ring (bicyclic) bond motifs is 2. The van der Waals surface area contributed by atoms with Crippen LogP contribution in [0.4, 0.5) is 0 Å². The number of para-hydroxylation sites is 1. The van der Waals surface area contributed by atoms with Crippen molar-refractivity contribution in [1.82, 2.24) is 10.3 Å². The normalized spacial score (nSPS) is 16.0. The van der Waals surface area contributed by atoms with Crippen LogP contribution in [0, 0.1) is 0 Å². The van der Waals surface area contributed by atoms with Crippen molar-refractivity contribution in [3.8, 4) is 5.75 Å². The minimum Gasteiger partial charge on any atom is -0.534 e. The number of carbonyl (C=O) groups excluding carboxylic acids is 1. The largest absolute Gasteiger partial charge is 0.547 e. The molecule has 8 heteroatoms. The molecule has 130 valence electrons. The van der Waals surface area contributed by atoms with Crippen LogP contribution in [0.25, 0.3) is 10.9 Å². The van der Waals surface area contributed by atoms with Crippen LogP contribution in [0.15, 0.2) is 48.7 Å². The quantitative estimate of drug-likeness (QED) is 0.537. The van der Waals surface area contributed by atoms with Crippen molar-refractivity contribution in [1.29, 1.82) is 0 Å². The van der Waals surface area contributed by atoms with Gasteiger partial charge in [-0.05, 0) is 42.3 Å². The van der Waals surface area contributed by atoms with Gasteiger partial charge in [0, 0.05) is 22.7 Å². The van der Waals surface area contributed by atoms with Crippen molar-refractivity contribution in [3.63, 3.8) is 0 Å². The third kappa shape index (κ3) is 2.80. The topological polar surface area (TPSA) is 112 Å². The summed E-state index contributed by atoms with van der Waals surface area (Å²) in [5, 5.41) is 23.1. The summed E-state index contributed by atoms with van der Waals surface area (Å²) in [7, 11) is -1.33. The molecule has 1 aliphatic heterocycles. The first kappa shape index (κ1) is 16.2. The summed E-state index contributed by atoms with van der Waals surface area (Å²) in [6.45, 7) is 0. The molecule has 1 atom stereocenters. The Labute approximate surface area is 148 Å². The van der Waals surface area contributed by atoms with Crippen LogP contribution in [0.1, 0.15) is 26.3 Å². The molecule has 0 fully saturated rings. The standard InChI is InChI=1S/C18H15BN2O5/c22-17(12-4-5-14-10(8-12)6-7-20-14)21-15-9-11-2-1-3-13(18(23)24)16(11)26-19(15)25/h1-8,15,20,25H,9H2,(H,21,22)(H,23,24). The van der Waals surface area contributed by atoms with Crippen molar-refractivity contribution in [2.75, 3.05) is 0 Å².